The number of nitrogen functional groups attached to an aromatic ring is 1. The molecule has 17 heavy (non-hydrogen) atoms. The molecule has 0 saturated carbocycles. The van der Waals surface area contributed by atoms with Crippen LogP contribution in [-0.4, -0.2) is 28.8 Å². The maximum absolute atomic E-state index is 13.3. The van der Waals surface area contributed by atoms with Gasteiger partial charge < -0.3 is 21.3 Å². The molecular weight excluding hydrogens is 227 g/mol. The predicted molar refractivity (Wildman–Crippen MR) is 62.6 cm³/mol. The summed E-state index contributed by atoms with van der Waals surface area (Å²) >= 11 is 0. The highest BCUT2D eigenvalue weighted by atomic mass is 19.1. The van der Waals surface area contributed by atoms with Gasteiger partial charge in [-0.1, -0.05) is 6.92 Å². The van der Waals surface area contributed by atoms with Gasteiger partial charge in [0, 0.05) is 6.54 Å². The average Bonchev–Trinajstić information content (AvgIpc) is 2.28. The third-order valence-electron chi connectivity index (χ3n) is 2.37. The molecule has 0 aliphatic rings. The van der Waals surface area contributed by atoms with E-state index in [1.54, 1.807) is 0 Å². The molecule has 0 saturated heterocycles. The van der Waals surface area contributed by atoms with Crippen LogP contribution in [0.2, 0.25) is 0 Å². The van der Waals surface area contributed by atoms with Gasteiger partial charge in [0.15, 0.2) is 0 Å². The first-order valence-corrected chi connectivity index (χ1v) is 5.20. The highest BCUT2D eigenvalue weighted by Crippen LogP contribution is 2.23. The van der Waals surface area contributed by atoms with Gasteiger partial charge >= 0.3 is 5.97 Å². The van der Waals surface area contributed by atoms with Gasteiger partial charge in [-0.25, -0.2) is 9.18 Å². The molecule has 94 valence electrons. The maximum atomic E-state index is 13.3. The van der Waals surface area contributed by atoms with Crippen LogP contribution in [0.3, 0.4) is 0 Å². The zero-order valence-corrected chi connectivity index (χ0v) is 9.40. The SMILES string of the molecule is CCC(O)CNc1cc(F)c(C(=O)O)cc1N. The van der Waals surface area contributed by atoms with E-state index in [1.807, 2.05) is 6.92 Å². The number of aliphatic hydroxyl groups is 1. The maximum Gasteiger partial charge on any atom is 0.338 e. The van der Waals surface area contributed by atoms with Crippen LogP contribution in [0.1, 0.15) is 23.7 Å². The highest BCUT2D eigenvalue weighted by Gasteiger charge is 2.13. The van der Waals surface area contributed by atoms with Crippen LogP contribution >= 0.6 is 0 Å². The van der Waals surface area contributed by atoms with Crippen molar-refractivity contribution in [2.75, 3.05) is 17.6 Å². The van der Waals surface area contributed by atoms with Crippen molar-refractivity contribution >= 4 is 17.3 Å². The largest absolute Gasteiger partial charge is 0.478 e. The molecule has 6 heteroatoms. The van der Waals surface area contributed by atoms with Crippen molar-refractivity contribution in [1.29, 1.82) is 0 Å². The number of aromatic carboxylic acids is 1. The lowest BCUT2D eigenvalue weighted by molar-refractivity contribution is 0.0692. The summed E-state index contributed by atoms with van der Waals surface area (Å²) in [6.07, 6.45) is -0.000562. The molecule has 0 aliphatic carbocycles. The summed E-state index contributed by atoms with van der Waals surface area (Å²) in [7, 11) is 0. The number of benzene rings is 1. The van der Waals surface area contributed by atoms with Crippen LogP contribution in [0.5, 0.6) is 0 Å². The molecule has 1 aromatic rings. The van der Waals surface area contributed by atoms with Crippen molar-refractivity contribution in [3.63, 3.8) is 0 Å². The Hall–Kier alpha value is -1.82. The van der Waals surface area contributed by atoms with Gasteiger partial charge in [0.05, 0.1) is 23.0 Å². The number of carbonyl (C=O) groups is 1. The van der Waals surface area contributed by atoms with E-state index in [0.29, 0.717) is 6.42 Å². The number of carboxylic acids is 1. The highest BCUT2D eigenvalue weighted by molar-refractivity contribution is 5.90. The van der Waals surface area contributed by atoms with E-state index >= 15 is 0 Å². The second kappa shape index (κ2) is 5.49. The van der Waals surface area contributed by atoms with E-state index in [2.05, 4.69) is 5.32 Å². The van der Waals surface area contributed by atoms with Crippen molar-refractivity contribution in [2.24, 2.45) is 0 Å². The van der Waals surface area contributed by atoms with Gasteiger partial charge in [-0.15, -0.1) is 0 Å². The van der Waals surface area contributed by atoms with Gasteiger partial charge in [-0.2, -0.15) is 0 Å². The third-order valence-corrected chi connectivity index (χ3v) is 2.37. The lowest BCUT2D eigenvalue weighted by Crippen LogP contribution is -2.19. The molecule has 0 spiro atoms. The number of hydrogen-bond donors (Lipinski definition) is 4. The fraction of sp³-hybridized carbons (Fsp3) is 0.364. The van der Waals surface area contributed by atoms with Crippen LogP contribution < -0.4 is 11.1 Å². The van der Waals surface area contributed by atoms with E-state index in [-0.39, 0.29) is 17.9 Å². The lowest BCUT2D eigenvalue weighted by Gasteiger charge is -2.13. The second-order valence-corrected chi connectivity index (χ2v) is 3.67. The number of nitrogens with two attached hydrogens (primary N) is 1. The molecular formula is C11H15FN2O3. The van der Waals surface area contributed by atoms with Crippen molar-refractivity contribution in [2.45, 2.75) is 19.4 Å². The fourth-order valence-electron chi connectivity index (χ4n) is 1.28. The first-order valence-electron chi connectivity index (χ1n) is 5.20. The summed E-state index contributed by atoms with van der Waals surface area (Å²) in [5, 5.41) is 20.8. The molecule has 1 unspecified atom stereocenters. The summed E-state index contributed by atoms with van der Waals surface area (Å²) in [6.45, 7) is 2.04. The van der Waals surface area contributed by atoms with E-state index in [0.717, 1.165) is 12.1 Å². The number of rotatable bonds is 5. The number of carboxylic acid groups (broad SMARTS) is 1. The normalized spacial score (nSPS) is 12.2. The number of hydrogen-bond acceptors (Lipinski definition) is 4. The fourth-order valence-corrected chi connectivity index (χ4v) is 1.28. The van der Waals surface area contributed by atoms with E-state index in [9.17, 15) is 14.3 Å². The predicted octanol–water partition coefficient (Wildman–Crippen LogP) is 1.29. The molecule has 0 heterocycles. The number of halogens is 1. The van der Waals surface area contributed by atoms with Gasteiger partial charge in [-0.05, 0) is 18.6 Å². The summed E-state index contributed by atoms with van der Waals surface area (Å²) in [5.74, 6) is -2.23. The zero-order valence-electron chi connectivity index (χ0n) is 9.40. The van der Waals surface area contributed by atoms with Gasteiger partial charge in [0.2, 0.25) is 0 Å². The first kappa shape index (κ1) is 13.2. The topological polar surface area (TPSA) is 95.6 Å². The van der Waals surface area contributed by atoms with Gasteiger partial charge in [-0.3, -0.25) is 0 Å². The van der Waals surface area contributed by atoms with Crippen LogP contribution in [0.25, 0.3) is 0 Å². The number of nitrogens with one attached hydrogen (secondary N) is 1. The summed E-state index contributed by atoms with van der Waals surface area (Å²) in [4.78, 5) is 10.6. The molecule has 1 rings (SSSR count). The van der Waals surface area contributed by atoms with Crippen molar-refractivity contribution < 1.29 is 19.4 Å². The molecule has 1 aromatic carbocycles. The zero-order chi connectivity index (χ0) is 13.0. The Kier molecular flexibility index (Phi) is 4.28. The molecule has 5 N–H and O–H groups in total. The van der Waals surface area contributed by atoms with Crippen molar-refractivity contribution in [3.05, 3.63) is 23.5 Å². The first-order chi connectivity index (χ1) is 7.95. The van der Waals surface area contributed by atoms with Crippen LogP contribution in [0.15, 0.2) is 12.1 Å². The Balaban J connectivity index is 2.88. The molecule has 0 aromatic heterocycles. The average molecular weight is 242 g/mol. The van der Waals surface area contributed by atoms with Gasteiger partial charge in [0.1, 0.15) is 5.82 Å². The minimum absolute atomic E-state index is 0.132. The molecule has 0 aliphatic heterocycles. The van der Waals surface area contributed by atoms with Crippen molar-refractivity contribution in [3.8, 4) is 0 Å². The third kappa shape index (κ3) is 3.32. The molecule has 0 radical (unpaired) electrons. The molecule has 0 fully saturated rings. The Morgan fingerprint density at radius 3 is 2.76 bits per heavy atom. The second-order valence-electron chi connectivity index (χ2n) is 3.67. The minimum Gasteiger partial charge on any atom is -0.478 e. The Morgan fingerprint density at radius 2 is 2.24 bits per heavy atom. The van der Waals surface area contributed by atoms with Gasteiger partial charge in [0.25, 0.3) is 0 Å². The Bertz CT molecular complexity index is 423. The van der Waals surface area contributed by atoms with E-state index in [4.69, 9.17) is 10.8 Å². The van der Waals surface area contributed by atoms with Crippen LogP contribution in [0, 0.1) is 5.82 Å². The molecule has 0 bridgehead atoms. The molecule has 0 amide bonds. The lowest BCUT2D eigenvalue weighted by atomic mass is 10.1. The Labute approximate surface area is 98.1 Å². The monoisotopic (exact) mass is 242 g/mol. The smallest absolute Gasteiger partial charge is 0.338 e. The molecule has 1 atom stereocenters. The quantitative estimate of drug-likeness (QED) is 0.583. The Morgan fingerprint density at radius 1 is 1.59 bits per heavy atom. The van der Waals surface area contributed by atoms with Crippen LogP contribution in [0.4, 0.5) is 15.8 Å². The molecule has 5 nitrogen and oxygen atoms in total. The number of anilines is 2. The summed E-state index contributed by atoms with van der Waals surface area (Å²) < 4.78 is 13.3. The number of aliphatic hydroxyl groups excluding tert-OH is 1. The summed E-state index contributed by atoms with van der Waals surface area (Å²) in [6, 6.07) is 2.07. The van der Waals surface area contributed by atoms with E-state index < -0.39 is 23.5 Å². The van der Waals surface area contributed by atoms with E-state index in [1.165, 1.54) is 0 Å². The van der Waals surface area contributed by atoms with Crippen molar-refractivity contribution in [1.82, 2.24) is 0 Å². The van der Waals surface area contributed by atoms with Crippen LogP contribution in [-0.2, 0) is 0 Å². The minimum atomic E-state index is -1.37. The summed E-state index contributed by atoms with van der Waals surface area (Å²) in [5.41, 5.74) is 5.52. The standard InChI is InChI=1S/C11H15FN2O3/c1-2-6(15)5-14-10-4-8(12)7(11(16)17)3-9(10)13/h3-4,6,14-15H,2,5,13H2,1H3,(H,16,17).